The molecule has 0 aromatic heterocycles. The van der Waals surface area contributed by atoms with Crippen molar-refractivity contribution in [3.05, 3.63) is 35.9 Å². The second-order valence-electron chi connectivity index (χ2n) is 4.99. The van der Waals surface area contributed by atoms with Crippen molar-refractivity contribution in [3.8, 4) is 0 Å². The van der Waals surface area contributed by atoms with Crippen molar-refractivity contribution in [1.29, 1.82) is 0 Å². The third-order valence-corrected chi connectivity index (χ3v) is 3.52. The smallest absolute Gasteiger partial charge is 0.338 e. The summed E-state index contributed by atoms with van der Waals surface area (Å²) in [6.45, 7) is 1.33. The molecule has 5 nitrogen and oxygen atoms in total. The van der Waals surface area contributed by atoms with Crippen molar-refractivity contribution in [3.63, 3.8) is 0 Å². The fraction of sp³-hybridized carbons (Fsp3) is 0.467. The van der Waals surface area contributed by atoms with E-state index in [2.05, 4.69) is 0 Å². The van der Waals surface area contributed by atoms with E-state index >= 15 is 0 Å². The quantitative estimate of drug-likeness (QED) is 0.780. The van der Waals surface area contributed by atoms with Crippen LogP contribution in [-0.4, -0.2) is 50.2 Å². The Morgan fingerprint density at radius 2 is 1.95 bits per heavy atom. The lowest BCUT2D eigenvalue weighted by Crippen LogP contribution is -2.47. The molecule has 1 aromatic carbocycles. The molecular formula is C15H19NO4. The number of hydrogen-bond donors (Lipinski definition) is 0. The van der Waals surface area contributed by atoms with Gasteiger partial charge in [0.15, 0.2) is 0 Å². The molecule has 0 N–H and O–H groups in total. The topological polar surface area (TPSA) is 55.8 Å². The van der Waals surface area contributed by atoms with Crippen LogP contribution in [0.25, 0.3) is 0 Å². The predicted octanol–water partition coefficient (Wildman–Crippen LogP) is 1.34. The zero-order valence-corrected chi connectivity index (χ0v) is 11.7. The number of rotatable bonds is 3. The van der Waals surface area contributed by atoms with Gasteiger partial charge >= 0.3 is 11.9 Å². The highest BCUT2D eigenvalue weighted by atomic mass is 16.6. The van der Waals surface area contributed by atoms with Gasteiger partial charge in [0.05, 0.1) is 12.7 Å². The van der Waals surface area contributed by atoms with Crippen LogP contribution in [0.2, 0.25) is 0 Å². The molecule has 1 fully saturated rings. The van der Waals surface area contributed by atoms with E-state index in [0.29, 0.717) is 18.5 Å². The molecule has 0 aliphatic carbocycles. The van der Waals surface area contributed by atoms with Crippen molar-refractivity contribution in [2.45, 2.75) is 12.5 Å². The molecule has 0 unspecified atom stereocenters. The SMILES string of the molecule is COC(=O)[C@H]1CN(C)CC[C@@H]1OC(=O)c1ccccc1. The second-order valence-corrected chi connectivity index (χ2v) is 4.99. The zero-order valence-electron chi connectivity index (χ0n) is 11.7. The zero-order chi connectivity index (χ0) is 14.5. The number of ether oxygens (including phenoxy) is 2. The first-order valence-electron chi connectivity index (χ1n) is 6.64. The lowest BCUT2D eigenvalue weighted by atomic mass is 9.95. The van der Waals surface area contributed by atoms with Crippen LogP contribution < -0.4 is 0 Å². The summed E-state index contributed by atoms with van der Waals surface area (Å²) in [6, 6.07) is 8.80. The van der Waals surface area contributed by atoms with Crippen molar-refractivity contribution < 1.29 is 19.1 Å². The number of esters is 2. The largest absolute Gasteiger partial charge is 0.469 e. The summed E-state index contributed by atoms with van der Waals surface area (Å²) in [5, 5.41) is 0. The standard InChI is InChI=1S/C15H19NO4/c1-16-9-8-13(12(10-16)15(18)19-2)20-14(17)11-6-4-3-5-7-11/h3-7,12-13H,8-10H2,1-2H3/t12-,13-/m0/s1. The van der Waals surface area contributed by atoms with Crippen LogP contribution in [0.15, 0.2) is 30.3 Å². The summed E-state index contributed by atoms with van der Waals surface area (Å²) in [6.07, 6.45) is 0.209. The van der Waals surface area contributed by atoms with E-state index in [-0.39, 0.29) is 5.97 Å². The van der Waals surface area contributed by atoms with Crippen LogP contribution in [0, 0.1) is 5.92 Å². The Labute approximate surface area is 118 Å². The second kappa shape index (κ2) is 6.52. The van der Waals surface area contributed by atoms with Crippen LogP contribution in [-0.2, 0) is 14.3 Å². The molecule has 2 rings (SSSR count). The van der Waals surface area contributed by atoms with Gasteiger partial charge in [0.25, 0.3) is 0 Å². The van der Waals surface area contributed by atoms with Crippen molar-refractivity contribution in [2.75, 3.05) is 27.2 Å². The Hall–Kier alpha value is -1.88. The van der Waals surface area contributed by atoms with E-state index in [9.17, 15) is 9.59 Å². The van der Waals surface area contributed by atoms with E-state index in [1.165, 1.54) is 7.11 Å². The minimum atomic E-state index is -0.425. The van der Waals surface area contributed by atoms with Gasteiger partial charge in [-0.25, -0.2) is 4.79 Å². The molecule has 108 valence electrons. The van der Waals surface area contributed by atoms with Gasteiger partial charge in [-0.2, -0.15) is 0 Å². The first-order valence-corrected chi connectivity index (χ1v) is 6.64. The monoisotopic (exact) mass is 277 g/mol. The average molecular weight is 277 g/mol. The molecule has 0 saturated carbocycles. The van der Waals surface area contributed by atoms with E-state index in [0.717, 1.165) is 6.54 Å². The van der Waals surface area contributed by atoms with Gasteiger partial charge in [0, 0.05) is 13.1 Å². The third-order valence-electron chi connectivity index (χ3n) is 3.52. The van der Waals surface area contributed by atoms with Crippen molar-refractivity contribution in [2.24, 2.45) is 5.92 Å². The number of likely N-dealkylation sites (tertiary alicyclic amines) is 1. The van der Waals surface area contributed by atoms with E-state index in [1.807, 2.05) is 18.0 Å². The fourth-order valence-corrected chi connectivity index (χ4v) is 2.39. The molecule has 1 aliphatic heterocycles. The maximum Gasteiger partial charge on any atom is 0.338 e. The average Bonchev–Trinajstić information content (AvgIpc) is 2.49. The van der Waals surface area contributed by atoms with Gasteiger partial charge in [0.2, 0.25) is 0 Å². The third kappa shape index (κ3) is 3.36. The summed E-state index contributed by atoms with van der Waals surface area (Å²) in [5.41, 5.74) is 0.495. The molecule has 0 spiro atoms. The molecule has 1 aromatic rings. The van der Waals surface area contributed by atoms with Gasteiger partial charge in [-0.15, -0.1) is 0 Å². The van der Waals surface area contributed by atoms with Crippen LogP contribution in [0.3, 0.4) is 0 Å². The van der Waals surface area contributed by atoms with Crippen LogP contribution in [0.1, 0.15) is 16.8 Å². The maximum absolute atomic E-state index is 12.1. The van der Waals surface area contributed by atoms with Crippen molar-refractivity contribution in [1.82, 2.24) is 4.90 Å². The van der Waals surface area contributed by atoms with Crippen molar-refractivity contribution >= 4 is 11.9 Å². The molecule has 2 atom stereocenters. The Morgan fingerprint density at radius 1 is 1.25 bits per heavy atom. The van der Waals surface area contributed by atoms with E-state index in [1.54, 1.807) is 24.3 Å². The number of hydrogen-bond acceptors (Lipinski definition) is 5. The minimum Gasteiger partial charge on any atom is -0.469 e. The lowest BCUT2D eigenvalue weighted by molar-refractivity contribution is -0.152. The highest BCUT2D eigenvalue weighted by molar-refractivity contribution is 5.89. The molecule has 5 heteroatoms. The van der Waals surface area contributed by atoms with Crippen LogP contribution >= 0.6 is 0 Å². The van der Waals surface area contributed by atoms with E-state index < -0.39 is 18.0 Å². The Bertz CT molecular complexity index is 474. The molecule has 0 bridgehead atoms. The molecule has 1 saturated heterocycles. The van der Waals surface area contributed by atoms with Gasteiger partial charge in [-0.1, -0.05) is 18.2 Å². The summed E-state index contributed by atoms with van der Waals surface area (Å²) >= 11 is 0. The number of piperidine rings is 1. The fourth-order valence-electron chi connectivity index (χ4n) is 2.39. The Kier molecular flexibility index (Phi) is 4.74. The number of carbonyl (C=O) groups excluding carboxylic acids is 2. The van der Waals surface area contributed by atoms with Crippen LogP contribution in [0.5, 0.6) is 0 Å². The van der Waals surface area contributed by atoms with Gasteiger partial charge in [0.1, 0.15) is 12.0 Å². The number of carbonyl (C=O) groups is 2. The lowest BCUT2D eigenvalue weighted by Gasteiger charge is -2.34. The number of benzene rings is 1. The normalized spacial score (nSPS) is 23.1. The molecular weight excluding hydrogens is 258 g/mol. The molecule has 1 heterocycles. The maximum atomic E-state index is 12.1. The summed E-state index contributed by atoms with van der Waals surface area (Å²) in [5.74, 6) is -1.15. The van der Waals surface area contributed by atoms with Crippen LogP contribution in [0.4, 0.5) is 0 Å². The number of methoxy groups -OCH3 is 1. The molecule has 1 aliphatic rings. The van der Waals surface area contributed by atoms with Gasteiger partial charge < -0.3 is 14.4 Å². The summed E-state index contributed by atoms with van der Waals surface area (Å²) < 4.78 is 10.3. The summed E-state index contributed by atoms with van der Waals surface area (Å²) in [7, 11) is 3.29. The van der Waals surface area contributed by atoms with E-state index in [4.69, 9.17) is 9.47 Å². The Morgan fingerprint density at radius 3 is 2.60 bits per heavy atom. The molecule has 20 heavy (non-hydrogen) atoms. The first kappa shape index (κ1) is 14.5. The Balaban J connectivity index is 2.06. The van der Waals surface area contributed by atoms with Gasteiger partial charge in [-0.3, -0.25) is 4.79 Å². The minimum absolute atomic E-state index is 0.331. The highest BCUT2D eigenvalue weighted by Crippen LogP contribution is 2.22. The number of nitrogens with zero attached hydrogens (tertiary/aromatic N) is 1. The molecule has 0 amide bonds. The predicted molar refractivity (Wildman–Crippen MR) is 73.3 cm³/mol. The van der Waals surface area contributed by atoms with Gasteiger partial charge in [-0.05, 0) is 25.6 Å². The first-order chi connectivity index (χ1) is 9.61. The highest BCUT2D eigenvalue weighted by Gasteiger charge is 2.36. The molecule has 0 radical (unpaired) electrons. The summed E-state index contributed by atoms with van der Waals surface area (Å²) in [4.78, 5) is 25.9.